The summed E-state index contributed by atoms with van der Waals surface area (Å²) in [6.45, 7) is 5.18. The number of benzene rings is 1. The third kappa shape index (κ3) is 3.74. The molecule has 1 aliphatic rings. The summed E-state index contributed by atoms with van der Waals surface area (Å²) in [6, 6.07) is 5.51. The van der Waals surface area contributed by atoms with Crippen molar-refractivity contribution in [2.45, 2.75) is 26.1 Å². The highest BCUT2D eigenvalue weighted by Crippen LogP contribution is 2.11. The van der Waals surface area contributed by atoms with Crippen molar-refractivity contribution in [1.82, 2.24) is 10.2 Å². The molecule has 20 heavy (non-hydrogen) atoms. The Morgan fingerprint density at radius 3 is 2.65 bits per heavy atom. The minimum Gasteiger partial charge on any atom is -0.372 e. The lowest BCUT2D eigenvalue weighted by Gasteiger charge is -2.36. The number of nitrogens with zero attached hydrogens (tertiary/aromatic N) is 1. The molecule has 2 unspecified atom stereocenters. The quantitative estimate of drug-likeness (QED) is 0.804. The van der Waals surface area contributed by atoms with Crippen LogP contribution in [0.3, 0.4) is 0 Å². The Balaban J connectivity index is 1.99. The summed E-state index contributed by atoms with van der Waals surface area (Å²) in [5.41, 5.74) is 0.252. The van der Waals surface area contributed by atoms with Crippen LogP contribution in [0.4, 0.5) is 4.39 Å². The fourth-order valence-electron chi connectivity index (χ4n) is 2.22. The van der Waals surface area contributed by atoms with Crippen molar-refractivity contribution in [3.63, 3.8) is 0 Å². The summed E-state index contributed by atoms with van der Waals surface area (Å²) in [7, 11) is 0. The molecule has 0 saturated carbocycles. The molecule has 6 heteroatoms. The zero-order valence-electron chi connectivity index (χ0n) is 11.4. The second kappa shape index (κ2) is 6.28. The standard InChI is InChI=1S/C14H17FN2O2S/c1-9-7-17(8-10(2)19-9)14(20)16-13(18)11-4-3-5-12(15)6-11/h3-6,9-10H,7-8H2,1-2H3,(H,16,18,20). The molecule has 1 heterocycles. The van der Waals surface area contributed by atoms with Crippen molar-refractivity contribution in [3.8, 4) is 0 Å². The predicted molar refractivity (Wildman–Crippen MR) is 78.0 cm³/mol. The molecular weight excluding hydrogens is 279 g/mol. The first kappa shape index (κ1) is 14.9. The van der Waals surface area contributed by atoms with Gasteiger partial charge in [-0.05, 0) is 44.3 Å². The maximum atomic E-state index is 13.1. The van der Waals surface area contributed by atoms with E-state index in [1.165, 1.54) is 18.2 Å². The van der Waals surface area contributed by atoms with Gasteiger partial charge in [0.15, 0.2) is 5.11 Å². The zero-order chi connectivity index (χ0) is 14.7. The van der Waals surface area contributed by atoms with Crippen LogP contribution in [0.5, 0.6) is 0 Å². The van der Waals surface area contributed by atoms with Gasteiger partial charge >= 0.3 is 0 Å². The van der Waals surface area contributed by atoms with Crippen molar-refractivity contribution in [2.75, 3.05) is 13.1 Å². The molecule has 108 valence electrons. The topological polar surface area (TPSA) is 41.6 Å². The van der Waals surface area contributed by atoms with Crippen LogP contribution in [0.2, 0.25) is 0 Å². The number of nitrogens with one attached hydrogen (secondary N) is 1. The zero-order valence-corrected chi connectivity index (χ0v) is 12.2. The van der Waals surface area contributed by atoms with Gasteiger partial charge in [0.2, 0.25) is 0 Å². The number of hydrogen-bond donors (Lipinski definition) is 1. The second-order valence-corrected chi connectivity index (χ2v) is 5.32. The summed E-state index contributed by atoms with van der Waals surface area (Å²) in [6.07, 6.45) is 0.116. The van der Waals surface area contributed by atoms with E-state index in [9.17, 15) is 9.18 Å². The van der Waals surface area contributed by atoms with Crippen molar-refractivity contribution in [1.29, 1.82) is 0 Å². The Morgan fingerprint density at radius 2 is 2.05 bits per heavy atom. The van der Waals surface area contributed by atoms with Crippen LogP contribution in [0.25, 0.3) is 0 Å². The number of amides is 1. The smallest absolute Gasteiger partial charge is 0.257 e. The van der Waals surface area contributed by atoms with Gasteiger partial charge in [0.25, 0.3) is 5.91 Å². The lowest BCUT2D eigenvalue weighted by molar-refractivity contribution is -0.0481. The van der Waals surface area contributed by atoms with Gasteiger partial charge in [-0.25, -0.2) is 4.39 Å². The fourth-order valence-corrected chi connectivity index (χ4v) is 2.46. The summed E-state index contributed by atoms with van der Waals surface area (Å²) >= 11 is 5.23. The van der Waals surface area contributed by atoms with E-state index in [1.54, 1.807) is 6.07 Å². The molecule has 4 nitrogen and oxygen atoms in total. The number of hydrogen-bond acceptors (Lipinski definition) is 3. The monoisotopic (exact) mass is 296 g/mol. The molecular formula is C14H17FN2O2S. The van der Waals surface area contributed by atoms with E-state index in [4.69, 9.17) is 17.0 Å². The average molecular weight is 296 g/mol. The largest absolute Gasteiger partial charge is 0.372 e. The normalized spacial score (nSPS) is 22.4. The Kier molecular flexibility index (Phi) is 4.67. The molecule has 0 spiro atoms. The molecule has 2 atom stereocenters. The van der Waals surface area contributed by atoms with Crippen molar-refractivity contribution in [2.24, 2.45) is 0 Å². The Morgan fingerprint density at radius 1 is 1.40 bits per heavy atom. The maximum Gasteiger partial charge on any atom is 0.257 e. The van der Waals surface area contributed by atoms with E-state index in [1.807, 2.05) is 18.7 Å². The predicted octanol–water partition coefficient (Wildman–Crippen LogP) is 1.95. The Labute approximate surface area is 122 Å². The molecule has 1 aliphatic heterocycles. The molecule has 0 aliphatic carbocycles. The van der Waals surface area contributed by atoms with Crippen LogP contribution in [-0.2, 0) is 4.74 Å². The molecule has 1 aromatic rings. The minimum absolute atomic E-state index is 0.0581. The molecule has 1 saturated heterocycles. The van der Waals surface area contributed by atoms with E-state index < -0.39 is 11.7 Å². The Bertz CT molecular complexity index is 514. The molecule has 1 aromatic carbocycles. The first-order valence-electron chi connectivity index (χ1n) is 6.47. The molecule has 2 rings (SSSR count). The molecule has 0 bridgehead atoms. The number of thiocarbonyl (C=S) groups is 1. The summed E-state index contributed by atoms with van der Waals surface area (Å²) in [4.78, 5) is 13.9. The van der Waals surface area contributed by atoms with Gasteiger partial charge in [0.1, 0.15) is 5.82 Å². The van der Waals surface area contributed by atoms with Crippen LogP contribution >= 0.6 is 12.2 Å². The van der Waals surface area contributed by atoms with Crippen molar-refractivity contribution < 1.29 is 13.9 Å². The fraction of sp³-hybridized carbons (Fsp3) is 0.429. The van der Waals surface area contributed by atoms with Gasteiger partial charge < -0.3 is 9.64 Å². The summed E-state index contributed by atoms with van der Waals surface area (Å²) in [5, 5.41) is 2.98. The van der Waals surface area contributed by atoms with Gasteiger partial charge in [0, 0.05) is 18.7 Å². The van der Waals surface area contributed by atoms with Crippen molar-refractivity contribution >= 4 is 23.2 Å². The molecule has 1 amide bonds. The molecule has 0 radical (unpaired) electrons. The second-order valence-electron chi connectivity index (χ2n) is 4.93. The van der Waals surface area contributed by atoms with Crippen LogP contribution in [0.15, 0.2) is 24.3 Å². The number of morpholine rings is 1. The summed E-state index contributed by atoms with van der Waals surface area (Å²) < 4.78 is 18.7. The van der Waals surface area contributed by atoms with Gasteiger partial charge in [-0.2, -0.15) is 0 Å². The highest BCUT2D eigenvalue weighted by Gasteiger charge is 2.24. The number of carbonyl (C=O) groups is 1. The third-order valence-corrected chi connectivity index (χ3v) is 3.37. The summed E-state index contributed by atoms with van der Waals surface area (Å²) in [5.74, 6) is -0.849. The number of carbonyl (C=O) groups excluding carboxylic acids is 1. The van der Waals surface area contributed by atoms with Crippen LogP contribution in [-0.4, -0.2) is 41.2 Å². The molecule has 1 fully saturated rings. The highest BCUT2D eigenvalue weighted by atomic mass is 32.1. The van der Waals surface area contributed by atoms with Gasteiger partial charge in [-0.3, -0.25) is 10.1 Å². The number of halogens is 1. The number of ether oxygens (including phenoxy) is 1. The Hall–Kier alpha value is -1.53. The third-order valence-electron chi connectivity index (χ3n) is 3.01. The average Bonchev–Trinajstić information content (AvgIpc) is 2.37. The van der Waals surface area contributed by atoms with Gasteiger partial charge in [-0.15, -0.1) is 0 Å². The van der Waals surface area contributed by atoms with E-state index in [0.717, 1.165) is 0 Å². The van der Waals surface area contributed by atoms with E-state index in [2.05, 4.69) is 5.32 Å². The minimum atomic E-state index is -0.447. The van der Waals surface area contributed by atoms with Gasteiger partial charge in [0.05, 0.1) is 12.2 Å². The van der Waals surface area contributed by atoms with Crippen LogP contribution in [0.1, 0.15) is 24.2 Å². The highest BCUT2D eigenvalue weighted by molar-refractivity contribution is 7.80. The lowest BCUT2D eigenvalue weighted by atomic mass is 10.2. The van der Waals surface area contributed by atoms with Gasteiger partial charge in [-0.1, -0.05) is 6.07 Å². The number of rotatable bonds is 1. The van der Waals surface area contributed by atoms with E-state index in [-0.39, 0.29) is 17.8 Å². The van der Waals surface area contributed by atoms with E-state index in [0.29, 0.717) is 18.2 Å². The first-order chi connectivity index (χ1) is 9.45. The van der Waals surface area contributed by atoms with Crippen molar-refractivity contribution in [3.05, 3.63) is 35.6 Å². The van der Waals surface area contributed by atoms with Crippen LogP contribution < -0.4 is 5.32 Å². The van der Waals surface area contributed by atoms with Crippen LogP contribution in [0, 0.1) is 5.82 Å². The molecule has 1 N–H and O–H groups in total. The van der Waals surface area contributed by atoms with E-state index >= 15 is 0 Å². The lowest BCUT2D eigenvalue weighted by Crippen LogP contribution is -2.52. The molecule has 0 aromatic heterocycles. The SMILES string of the molecule is CC1CN(C(=S)NC(=O)c2cccc(F)c2)CC(C)O1. The first-order valence-corrected chi connectivity index (χ1v) is 6.88. The maximum absolute atomic E-state index is 13.1.